The quantitative estimate of drug-likeness (QED) is 0.565. The smallest absolute Gasteiger partial charge is 0.326 e. The molecule has 8 heteroatoms. The highest BCUT2D eigenvalue weighted by atomic mass is 32.2. The Morgan fingerprint density at radius 1 is 1.08 bits per heavy atom. The molecule has 1 aromatic rings. The van der Waals surface area contributed by atoms with Gasteiger partial charge in [-0.3, -0.25) is 13.8 Å². The number of carboxylic acids is 1. The molecule has 3 N–H and O–H groups in total. The number of aliphatic carboxylic acids is 1. The van der Waals surface area contributed by atoms with Crippen molar-refractivity contribution < 1.29 is 23.7 Å². The van der Waals surface area contributed by atoms with Crippen molar-refractivity contribution >= 4 is 28.6 Å². The molecule has 0 aromatic heterocycles. The van der Waals surface area contributed by atoms with Crippen LogP contribution in [-0.2, 0) is 25.2 Å². The van der Waals surface area contributed by atoms with E-state index in [1.807, 2.05) is 13.8 Å². The van der Waals surface area contributed by atoms with Gasteiger partial charge in [-0.25, -0.2) is 4.79 Å². The Kier molecular flexibility index (Phi) is 8.98. The second kappa shape index (κ2) is 10.7. The Morgan fingerprint density at radius 2 is 1.69 bits per heavy atom. The fourth-order valence-corrected chi connectivity index (χ4v) is 3.54. The number of carbonyl (C=O) groups excluding carboxylic acids is 2. The van der Waals surface area contributed by atoms with Crippen LogP contribution >= 0.6 is 0 Å². The van der Waals surface area contributed by atoms with Crippen LogP contribution in [0.4, 0.5) is 0 Å². The molecule has 3 atom stereocenters. The first-order valence-electron chi connectivity index (χ1n) is 8.44. The van der Waals surface area contributed by atoms with Gasteiger partial charge >= 0.3 is 5.97 Å². The van der Waals surface area contributed by atoms with Crippen LogP contribution in [0, 0.1) is 5.92 Å². The first-order valence-corrected chi connectivity index (χ1v) is 9.76. The van der Waals surface area contributed by atoms with E-state index < -0.39 is 34.8 Å². The minimum Gasteiger partial charge on any atom is -0.480 e. The fraction of sp³-hybridized carbons (Fsp3) is 0.500. The number of amides is 2. The predicted molar refractivity (Wildman–Crippen MR) is 99.0 cm³/mol. The highest BCUT2D eigenvalue weighted by molar-refractivity contribution is 7.85. The first-order chi connectivity index (χ1) is 12.2. The van der Waals surface area contributed by atoms with E-state index in [-0.39, 0.29) is 24.0 Å². The van der Waals surface area contributed by atoms with Gasteiger partial charge in [0.25, 0.3) is 0 Å². The monoisotopic (exact) mass is 382 g/mol. The molecule has 0 aliphatic heterocycles. The number of benzene rings is 1. The molecule has 0 saturated heterocycles. The van der Waals surface area contributed by atoms with Crippen molar-refractivity contribution in [3.8, 4) is 0 Å². The Bertz CT molecular complexity index is 648. The number of carboxylic acid groups (broad SMARTS) is 1. The van der Waals surface area contributed by atoms with Gasteiger partial charge < -0.3 is 15.7 Å². The summed E-state index contributed by atoms with van der Waals surface area (Å²) in [6, 6.07) is 6.77. The van der Waals surface area contributed by atoms with Crippen LogP contribution in [-0.4, -0.2) is 44.9 Å². The van der Waals surface area contributed by atoms with Crippen molar-refractivity contribution in [2.75, 3.05) is 5.75 Å². The third-order valence-corrected chi connectivity index (χ3v) is 5.02. The number of hydrogen-bond donors (Lipinski definition) is 3. The summed E-state index contributed by atoms with van der Waals surface area (Å²) in [6.07, 6.45) is 0.421. The van der Waals surface area contributed by atoms with Crippen LogP contribution in [0.15, 0.2) is 35.2 Å². The molecule has 0 aliphatic carbocycles. The molecule has 26 heavy (non-hydrogen) atoms. The van der Waals surface area contributed by atoms with Crippen LogP contribution in [0.2, 0.25) is 0 Å². The second-order valence-corrected chi connectivity index (χ2v) is 8.00. The minimum absolute atomic E-state index is 0.0248. The number of hydrogen-bond acceptors (Lipinski definition) is 4. The van der Waals surface area contributed by atoms with E-state index in [1.165, 1.54) is 6.92 Å². The lowest BCUT2D eigenvalue weighted by molar-refractivity contribution is -0.142. The average molecular weight is 382 g/mol. The van der Waals surface area contributed by atoms with Gasteiger partial charge in [-0.1, -0.05) is 32.0 Å². The lowest BCUT2D eigenvalue weighted by Crippen LogP contribution is -2.52. The molecule has 0 heterocycles. The van der Waals surface area contributed by atoms with Gasteiger partial charge in [-0.2, -0.15) is 0 Å². The van der Waals surface area contributed by atoms with Crippen LogP contribution in [0.1, 0.15) is 33.6 Å². The lowest BCUT2D eigenvalue weighted by Gasteiger charge is -2.22. The summed E-state index contributed by atoms with van der Waals surface area (Å²) in [5, 5.41) is 14.3. The summed E-state index contributed by atoms with van der Waals surface area (Å²) in [5.74, 6) is -1.85. The van der Waals surface area contributed by atoms with Crippen molar-refractivity contribution in [1.82, 2.24) is 10.6 Å². The number of nitrogens with one attached hydrogen (secondary N) is 2. The summed E-state index contributed by atoms with van der Waals surface area (Å²) in [7, 11) is -1.35. The zero-order valence-electron chi connectivity index (χ0n) is 15.2. The molecule has 1 rings (SSSR count). The van der Waals surface area contributed by atoms with E-state index in [0.29, 0.717) is 11.3 Å². The van der Waals surface area contributed by atoms with Crippen molar-refractivity contribution in [2.45, 2.75) is 50.6 Å². The topological polar surface area (TPSA) is 113 Å². The predicted octanol–water partition coefficient (Wildman–Crippen LogP) is 1.30. The summed E-state index contributed by atoms with van der Waals surface area (Å²) < 4.78 is 12.2. The molecule has 0 radical (unpaired) electrons. The third-order valence-electron chi connectivity index (χ3n) is 3.61. The summed E-state index contributed by atoms with van der Waals surface area (Å²) in [6.45, 7) is 5.11. The van der Waals surface area contributed by atoms with Crippen molar-refractivity contribution in [1.29, 1.82) is 0 Å². The highest BCUT2D eigenvalue weighted by Crippen LogP contribution is 2.09. The normalized spacial score (nSPS) is 14.3. The summed E-state index contributed by atoms with van der Waals surface area (Å²) in [4.78, 5) is 35.7. The molecule has 144 valence electrons. The summed E-state index contributed by atoms with van der Waals surface area (Å²) >= 11 is 0. The van der Waals surface area contributed by atoms with Crippen molar-refractivity contribution in [3.05, 3.63) is 30.3 Å². The van der Waals surface area contributed by atoms with Gasteiger partial charge in [0.2, 0.25) is 11.8 Å². The van der Waals surface area contributed by atoms with Crippen molar-refractivity contribution in [2.24, 2.45) is 5.92 Å². The van der Waals surface area contributed by atoms with E-state index in [2.05, 4.69) is 10.6 Å². The van der Waals surface area contributed by atoms with Gasteiger partial charge in [0.15, 0.2) is 0 Å². The third kappa shape index (κ3) is 7.77. The standard InChI is InChI=1S/C18H26N2O5S/c1-12(2)11-16(19-13(3)21)17(22)20-15(18(23)24)9-10-26(25)14-7-5-4-6-8-14/h4-8,12,15-16H,9-11H2,1-3H3,(H,19,21)(H,20,22)(H,23,24)/t15-,16-,26-/m0/s1. The molecular weight excluding hydrogens is 356 g/mol. The van der Waals surface area contributed by atoms with E-state index in [9.17, 15) is 23.7 Å². The molecule has 0 spiro atoms. The maximum absolute atomic E-state index is 12.4. The molecule has 7 nitrogen and oxygen atoms in total. The Labute approximate surface area is 156 Å². The van der Waals surface area contributed by atoms with Gasteiger partial charge in [0, 0.05) is 17.6 Å². The Morgan fingerprint density at radius 3 is 2.19 bits per heavy atom. The molecule has 0 fully saturated rings. The largest absolute Gasteiger partial charge is 0.480 e. The van der Waals surface area contributed by atoms with Crippen LogP contribution in [0.5, 0.6) is 0 Å². The number of rotatable bonds is 10. The molecule has 0 saturated carbocycles. The highest BCUT2D eigenvalue weighted by Gasteiger charge is 2.26. The van der Waals surface area contributed by atoms with E-state index in [0.717, 1.165) is 0 Å². The zero-order valence-corrected chi connectivity index (χ0v) is 16.0. The van der Waals surface area contributed by atoms with Crippen LogP contribution < -0.4 is 10.6 Å². The fourth-order valence-electron chi connectivity index (χ4n) is 2.39. The van der Waals surface area contributed by atoms with Crippen LogP contribution in [0.3, 0.4) is 0 Å². The van der Waals surface area contributed by atoms with Gasteiger partial charge in [-0.15, -0.1) is 0 Å². The second-order valence-electron chi connectivity index (χ2n) is 6.43. The van der Waals surface area contributed by atoms with Crippen molar-refractivity contribution in [3.63, 3.8) is 0 Å². The maximum Gasteiger partial charge on any atom is 0.326 e. The zero-order chi connectivity index (χ0) is 19.7. The number of carbonyl (C=O) groups is 3. The average Bonchev–Trinajstić information content (AvgIpc) is 2.57. The van der Waals surface area contributed by atoms with Crippen LogP contribution in [0.25, 0.3) is 0 Å². The Hall–Kier alpha value is -2.22. The van der Waals surface area contributed by atoms with Gasteiger partial charge in [0.05, 0.1) is 10.8 Å². The van der Waals surface area contributed by atoms with E-state index >= 15 is 0 Å². The first kappa shape index (κ1) is 21.8. The summed E-state index contributed by atoms with van der Waals surface area (Å²) in [5.41, 5.74) is 0. The molecule has 2 amide bonds. The molecule has 0 aliphatic rings. The SMILES string of the molecule is CC(=O)N[C@@H](CC(C)C)C(=O)N[C@@H](CC[S@](=O)c1ccccc1)C(=O)O. The molecule has 0 bridgehead atoms. The van der Waals surface area contributed by atoms with E-state index in [4.69, 9.17) is 0 Å². The maximum atomic E-state index is 12.4. The molecule has 1 aromatic carbocycles. The minimum atomic E-state index is -1.35. The molecule has 0 unspecified atom stereocenters. The van der Waals surface area contributed by atoms with Gasteiger partial charge in [0.1, 0.15) is 12.1 Å². The molecular formula is C18H26N2O5S. The lowest BCUT2D eigenvalue weighted by atomic mass is 10.0. The van der Waals surface area contributed by atoms with Gasteiger partial charge in [-0.05, 0) is 30.9 Å². The van der Waals surface area contributed by atoms with E-state index in [1.54, 1.807) is 30.3 Å². The Balaban J connectivity index is 2.70.